The number of benzene rings is 1. The maximum absolute atomic E-state index is 6.03. The zero-order valence-corrected chi connectivity index (χ0v) is 21.4. The van der Waals surface area contributed by atoms with Crippen LogP contribution in [0.4, 0.5) is 0 Å². The van der Waals surface area contributed by atoms with Crippen LogP contribution in [0.1, 0.15) is 46.4 Å². The molecule has 168 valence electrons. The third-order valence-electron chi connectivity index (χ3n) is 4.66. The van der Waals surface area contributed by atoms with E-state index in [0.29, 0.717) is 29.3 Å². The third kappa shape index (κ3) is 9.18. The van der Waals surface area contributed by atoms with E-state index in [1.54, 1.807) is 0 Å². The normalized spacial score (nSPS) is 12.5. The van der Waals surface area contributed by atoms with Gasteiger partial charge in [0, 0.05) is 23.2 Å². The van der Waals surface area contributed by atoms with Crippen molar-refractivity contribution < 1.29 is 4.52 Å². The molecule has 1 atom stereocenters. The van der Waals surface area contributed by atoms with Crippen LogP contribution < -0.4 is 10.6 Å². The lowest BCUT2D eigenvalue weighted by atomic mass is 10.2. The molecule has 2 aromatic rings. The highest BCUT2D eigenvalue weighted by Gasteiger charge is 2.10. The van der Waals surface area contributed by atoms with E-state index >= 15 is 0 Å². The summed E-state index contributed by atoms with van der Waals surface area (Å²) in [5.41, 5.74) is 0.823. The highest BCUT2D eigenvalue weighted by atomic mass is 127. The molecule has 0 aliphatic carbocycles. The van der Waals surface area contributed by atoms with Gasteiger partial charge in [0.2, 0.25) is 11.7 Å². The van der Waals surface area contributed by atoms with Gasteiger partial charge in [-0.1, -0.05) is 42.7 Å². The van der Waals surface area contributed by atoms with Gasteiger partial charge in [-0.2, -0.15) is 4.98 Å². The number of rotatable bonds is 11. The molecule has 0 radical (unpaired) electrons. The number of hydrogen-bond donors (Lipinski definition) is 2. The van der Waals surface area contributed by atoms with Gasteiger partial charge in [0.25, 0.3) is 0 Å². The molecule has 7 nitrogen and oxygen atoms in total. The summed E-state index contributed by atoms with van der Waals surface area (Å²) in [4.78, 5) is 11.4. The summed E-state index contributed by atoms with van der Waals surface area (Å²) < 4.78 is 5.34. The second-order valence-corrected chi connectivity index (χ2v) is 7.37. The molecular formula is C21H34ClIN6O. The van der Waals surface area contributed by atoms with E-state index in [1.165, 1.54) is 0 Å². The molecule has 0 bridgehead atoms. The first kappa shape index (κ1) is 26.6. The fourth-order valence-corrected chi connectivity index (χ4v) is 3.19. The van der Waals surface area contributed by atoms with Gasteiger partial charge in [0.15, 0.2) is 5.96 Å². The Hall–Kier alpha value is -1.39. The summed E-state index contributed by atoms with van der Waals surface area (Å²) in [5, 5.41) is 11.4. The molecule has 2 N–H and O–H groups in total. The summed E-state index contributed by atoms with van der Waals surface area (Å²) in [6.07, 6.45) is 2.24. The fraction of sp³-hybridized carbons (Fsp3) is 0.571. The first-order valence-corrected chi connectivity index (χ1v) is 10.8. The fourth-order valence-electron chi connectivity index (χ4n) is 3.00. The molecular weight excluding hydrogens is 515 g/mol. The van der Waals surface area contributed by atoms with Crippen molar-refractivity contribution in [3.63, 3.8) is 0 Å². The van der Waals surface area contributed by atoms with Crippen molar-refractivity contribution in [3.8, 4) is 11.4 Å². The van der Waals surface area contributed by atoms with E-state index in [-0.39, 0.29) is 24.0 Å². The zero-order chi connectivity index (χ0) is 21.1. The number of nitrogens with one attached hydrogen (secondary N) is 2. The van der Waals surface area contributed by atoms with Crippen LogP contribution >= 0.6 is 35.6 Å². The van der Waals surface area contributed by atoms with Gasteiger partial charge in [-0.15, -0.1) is 24.0 Å². The second-order valence-electron chi connectivity index (χ2n) is 6.93. The van der Waals surface area contributed by atoms with Crippen LogP contribution in [0.5, 0.6) is 0 Å². The van der Waals surface area contributed by atoms with Crippen LogP contribution in [0.25, 0.3) is 11.4 Å². The number of hydrogen-bond acceptors (Lipinski definition) is 5. The Balaban J connectivity index is 0.00000450. The highest BCUT2D eigenvalue weighted by Crippen LogP contribution is 2.20. The minimum atomic E-state index is 0. The number of aromatic nitrogens is 2. The van der Waals surface area contributed by atoms with Crippen LogP contribution in [0.15, 0.2) is 33.8 Å². The highest BCUT2D eigenvalue weighted by molar-refractivity contribution is 14.0. The molecule has 0 aliphatic rings. The quantitative estimate of drug-likeness (QED) is 0.243. The Morgan fingerprint density at radius 2 is 2.03 bits per heavy atom. The molecule has 0 aliphatic heterocycles. The van der Waals surface area contributed by atoms with Crippen LogP contribution in [-0.2, 0) is 6.54 Å². The summed E-state index contributed by atoms with van der Waals surface area (Å²) in [6, 6.07) is 7.71. The van der Waals surface area contributed by atoms with Gasteiger partial charge in [-0.05, 0) is 58.5 Å². The van der Waals surface area contributed by atoms with Crippen molar-refractivity contribution in [2.75, 3.05) is 26.2 Å². The summed E-state index contributed by atoms with van der Waals surface area (Å²) >= 11 is 6.03. The van der Waals surface area contributed by atoms with Gasteiger partial charge < -0.3 is 20.1 Å². The molecule has 0 saturated heterocycles. The molecule has 1 aromatic carbocycles. The van der Waals surface area contributed by atoms with E-state index in [0.717, 1.165) is 50.5 Å². The number of nitrogens with zero attached hydrogens (tertiary/aromatic N) is 4. The number of aliphatic imine (C=N–C) groups is 1. The number of guanidine groups is 1. The van der Waals surface area contributed by atoms with Crippen molar-refractivity contribution in [1.29, 1.82) is 0 Å². The van der Waals surface area contributed by atoms with Crippen molar-refractivity contribution in [2.45, 2.75) is 53.1 Å². The lowest BCUT2D eigenvalue weighted by Gasteiger charge is -2.21. The Bertz CT molecular complexity index is 765. The summed E-state index contributed by atoms with van der Waals surface area (Å²) in [5.74, 6) is 1.73. The topological polar surface area (TPSA) is 78.6 Å². The molecule has 9 heteroatoms. The Morgan fingerprint density at radius 1 is 1.27 bits per heavy atom. The van der Waals surface area contributed by atoms with Gasteiger partial charge in [0.05, 0.1) is 0 Å². The molecule has 1 unspecified atom stereocenters. The monoisotopic (exact) mass is 548 g/mol. The smallest absolute Gasteiger partial charge is 0.248 e. The SMILES string of the molecule is CCNC(=NCc1nc(-c2cccc(Cl)c2)no1)NC(C)CCCN(CC)CC.I. The second kappa shape index (κ2) is 14.6. The molecule has 2 rings (SSSR count). The van der Waals surface area contributed by atoms with Crippen molar-refractivity contribution in [1.82, 2.24) is 25.7 Å². The van der Waals surface area contributed by atoms with Crippen LogP contribution in [0, 0.1) is 0 Å². The molecule has 30 heavy (non-hydrogen) atoms. The average molecular weight is 549 g/mol. The van der Waals surface area contributed by atoms with Crippen molar-refractivity contribution in [2.24, 2.45) is 4.99 Å². The lowest BCUT2D eigenvalue weighted by Crippen LogP contribution is -2.42. The minimum absolute atomic E-state index is 0. The molecule has 1 aromatic heterocycles. The predicted octanol–water partition coefficient (Wildman–Crippen LogP) is 4.57. The Morgan fingerprint density at radius 3 is 2.70 bits per heavy atom. The number of halogens is 2. The van der Waals surface area contributed by atoms with E-state index in [9.17, 15) is 0 Å². The van der Waals surface area contributed by atoms with Gasteiger partial charge in [-0.25, -0.2) is 4.99 Å². The lowest BCUT2D eigenvalue weighted by molar-refractivity contribution is 0.292. The van der Waals surface area contributed by atoms with Gasteiger partial charge in [0.1, 0.15) is 6.54 Å². The Labute approximate surface area is 202 Å². The summed E-state index contributed by atoms with van der Waals surface area (Å²) in [6.45, 7) is 13.1. The first-order chi connectivity index (χ1) is 14.0. The van der Waals surface area contributed by atoms with E-state index in [4.69, 9.17) is 16.1 Å². The molecule has 1 heterocycles. The van der Waals surface area contributed by atoms with E-state index in [1.807, 2.05) is 31.2 Å². The molecule has 0 fully saturated rings. The summed E-state index contributed by atoms with van der Waals surface area (Å²) in [7, 11) is 0. The van der Waals surface area contributed by atoms with Crippen molar-refractivity contribution >= 4 is 41.5 Å². The van der Waals surface area contributed by atoms with E-state index < -0.39 is 0 Å². The molecule has 0 amide bonds. The minimum Gasteiger partial charge on any atom is -0.357 e. The molecule has 0 saturated carbocycles. The van der Waals surface area contributed by atoms with Crippen LogP contribution in [0.3, 0.4) is 0 Å². The maximum atomic E-state index is 6.03. The van der Waals surface area contributed by atoms with Gasteiger partial charge in [-0.3, -0.25) is 0 Å². The first-order valence-electron chi connectivity index (χ1n) is 10.4. The van der Waals surface area contributed by atoms with Crippen LogP contribution in [0.2, 0.25) is 5.02 Å². The molecule has 0 spiro atoms. The third-order valence-corrected chi connectivity index (χ3v) is 4.89. The standard InChI is InChI=1S/C21H33ClN6O.HI/c1-5-23-21(25-16(4)10-9-13-28(6-2)7-3)24-15-19-26-20(27-29-19)17-11-8-12-18(22)14-17;/h8,11-12,14,16H,5-7,9-10,13,15H2,1-4H3,(H2,23,24,25);1H. The Kier molecular flexibility index (Phi) is 13.0. The van der Waals surface area contributed by atoms with Crippen molar-refractivity contribution in [3.05, 3.63) is 35.2 Å². The van der Waals surface area contributed by atoms with Crippen LogP contribution in [-0.4, -0.2) is 53.2 Å². The largest absolute Gasteiger partial charge is 0.357 e. The van der Waals surface area contributed by atoms with Gasteiger partial charge >= 0.3 is 0 Å². The average Bonchev–Trinajstić information content (AvgIpc) is 3.19. The maximum Gasteiger partial charge on any atom is 0.248 e. The van der Waals surface area contributed by atoms with E-state index in [2.05, 4.69) is 51.4 Å². The predicted molar refractivity (Wildman–Crippen MR) is 135 cm³/mol. The zero-order valence-electron chi connectivity index (χ0n) is 18.3.